The lowest BCUT2D eigenvalue weighted by atomic mass is 9.85. The average molecular weight is 424 g/mol. The van der Waals surface area contributed by atoms with E-state index in [1.807, 2.05) is 18.7 Å². The molecule has 0 unspecified atom stereocenters. The van der Waals surface area contributed by atoms with Crippen LogP contribution in [0, 0.1) is 11.5 Å². The quantitative estimate of drug-likeness (QED) is 0.537. The third kappa shape index (κ3) is 3.82. The van der Waals surface area contributed by atoms with Gasteiger partial charge in [0.15, 0.2) is 21.1 Å². The van der Waals surface area contributed by atoms with Crippen LogP contribution in [-0.2, 0) is 19.4 Å². The van der Waals surface area contributed by atoms with Crippen LogP contribution in [0.5, 0.6) is 5.75 Å². The van der Waals surface area contributed by atoms with Gasteiger partial charge in [-0.15, -0.1) is 4.99 Å². The Morgan fingerprint density at radius 3 is 2.79 bits per heavy atom. The number of nitriles is 1. The van der Waals surface area contributed by atoms with Crippen LogP contribution in [0.25, 0.3) is 0 Å². The highest BCUT2D eigenvalue weighted by atomic mass is 32.2. The summed E-state index contributed by atoms with van der Waals surface area (Å²) in [5, 5.41) is 9.55. The molecule has 2 aliphatic heterocycles. The molecule has 0 bridgehead atoms. The van der Waals surface area contributed by atoms with Crippen molar-refractivity contribution >= 4 is 32.7 Å². The summed E-state index contributed by atoms with van der Waals surface area (Å²) in [6, 6.07) is 4.13. The van der Waals surface area contributed by atoms with Crippen molar-refractivity contribution in [2.75, 3.05) is 18.6 Å². The van der Waals surface area contributed by atoms with Crippen LogP contribution in [0.3, 0.4) is 0 Å². The molecule has 0 amide bonds. The largest absolute Gasteiger partial charge is 0.484 e. The van der Waals surface area contributed by atoms with Crippen LogP contribution in [-0.4, -0.2) is 54.7 Å². The van der Waals surface area contributed by atoms with Crippen LogP contribution in [0.4, 0.5) is 0 Å². The topological polar surface area (TPSA) is 109 Å². The molecule has 0 aromatic heterocycles. The Balaban J connectivity index is 2.22. The van der Waals surface area contributed by atoms with E-state index in [9.17, 15) is 13.2 Å². The molecule has 2 aliphatic rings. The second-order valence-corrected chi connectivity index (χ2v) is 10.3. The maximum absolute atomic E-state index is 12.1. The van der Waals surface area contributed by atoms with Crippen LogP contribution in [0.1, 0.15) is 32.4 Å². The Labute approximate surface area is 168 Å². The number of benzene rings is 1. The minimum absolute atomic E-state index is 0.145. The second kappa shape index (κ2) is 7.29. The number of nitrogens with zero attached hydrogens (tertiary/aromatic N) is 3. The number of fused-ring (bicyclic) bond motifs is 1. The molecule has 8 nitrogen and oxygen atoms in total. The Morgan fingerprint density at radius 2 is 2.18 bits per heavy atom. The van der Waals surface area contributed by atoms with Gasteiger partial charge in [0.2, 0.25) is 6.19 Å². The Hall–Kier alpha value is -2.25. The number of amidine groups is 1. The van der Waals surface area contributed by atoms with Gasteiger partial charge in [-0.25, -0.2) is 8.42 Å². The van der Waals surface area contributed by atoms with Crippen LogP contribution < -0.4 is 4.74 Å². The number of esters is 1. The molecule has 10 heteroatoms. The predicted molar refractivity (Wildman–Crippen MR) is 105 cm³/mol. The molecule has 0 spiro atoms. The first-order valence-corrected chi connectivity index (χ1v) is 11.5. The van der Waals surface area contributed by atoms with Gasteiger partial charge < -0.3 is 14.4 Å². The first kappa shape index (κ1) is 20.5. The number of thioether (sulfide) groups is 1. The van der Waals surface area contributed by atoms with Gasteiger partial charge in [-0.3, -0.25) is 4.79 Å². The zero-order valence-electron chi connectivity index (χ0n) is 16.0. The van der Waals surface area contributed by atoms with Gasteiger partial charge in [-0.2, -0.15) is 5.26 Å². The number of sulfone groups is 1. The van der Waals surface area contributed by atoms with Crippen molar-refractivity contribution < 1.29 is 22.7 Å². The van der Waals surface area contributed by atoms with E-state index in [0.717, 1.165) is 6.26 Å². The number of hydrogen-bond acceptors (Lipinski definition) is 8. The summed E-state index contributed by atoms with van der Waals surface area (Å²) in [5.41, 5.74) is -0.289. The molecule has 1 fully saturated rings. The van der Waals surface area contributed by atoms with E-state index in [2.05, 4.69) is 4.99 Å². The van der Waals surface area contributed by atoms with Crippen LogP contribution >= 0.6 is 11.8 Å². The number of rotatable bonds is 3. The molecule has 1 aromatic rings. The number of ether oxygens (including phenoxy) is 2. The number of aliphatic imine (C=N–C) groups is 1. The maximum atomic E-state index is 12.1. The molecule has 2 atom stereocenters. The number of carbonyl (C=O) groups excluding carboxylic acids is 1. The van der Waals surface area contributed by atoms with Crippen LogP contribution in [0.2, 0.25) is 0 Å². The fourth-order valence-corrected chi connectivity index (χ4v) is 5.10. The molecule has 2 heterocycles. The van der Waals surface area contributed by atoms with Gasteiger partial charge in [0.05, 0.1) is 4.90 Å². The van der Waals surface area contributed by atoms with E-state index in [1.165, 1.54) is 24.8 Å². The monoisotopic (exact) mass is 423 g/mol. The Morgan fingerprint density at radius 1 is 1.46 bits per heavy atom. The van der Waals surface area contributed by atoms with Crippen molar-refractivity contribution in [1.29, 1.82) is 5.26 Å². The molecule has 1 saturated heterocycles. The molecule has 0 saturated carbocycles. The van der Waals surface area contributed by atoms with E-state index in [-0.39, 0.29) is 4.90 Å². The average Bonchev–Trinajstić information content (AvgIpc) is 3.02. The van der Waals surface area contributed by atoms with E-state index in [1.54, 1.807) is 18.3 Å². The van der Waals surface area contributed by atoms with Gasteiger partial charge >= 0.3 is 5.97 Å². The summed E-state index contributed by atoms with van der Waals surface area (Å²) in [6.45, 7) is 5.52. The SMILES string of the molecule is CC(=O)O[C@H]1[C@H](N2CCSC2=NC#N)c2cc(S(C)(=O)=O)ccc2OC1(C)C. The highest BCUT2D eigenvalue weighted by molar-refractivity contribution is 8.14. The van der Waals surface area contributed by atoms with Gasteiger partial charge in [0.1, 0.15) is 17.4 Å². The molecular weight excluding hydrogens is 402 g/mol. The Bertz CT molecular complexity index is 981. The standard InChI is InChI=1S/C18H21N3O5S2/c1-11(22)25-16-15(21-7-8-27-17(21)20-10-19)13-9-12(28(4,23)24)5-6-14(13)26-18(16,2)3/h5-6,9,15-16H,7-8H2,1-4H3/t15-,16+/m1/s1. The zero-order valence-corrected chi connectivity index (χ0v) is 17.6. The molecule has 0 N–H and O–H groups in total. The van der Waals surface area contributed by atoms with Crippen molar-refractivity contribution in [1.82, 2.24) is 4.90 Å². The first-order valence-electron chi connectivity index (χ1n) is 8.61. The molecule has 28 heavy (non-hydrogen) atoms. The predicted octanol–water partition coefficient (Wildman–Crippen LogP) is 2.12. The van der Waals surface area contributed by atoms with Crippen molar-refractivity contribution in [2.24, 2.45) is 4.99 Å². The van der Waals surface area contributed by atoms with E-state index in [4.69, 9.17) is 14.7 Å². The fourth-order valence-electron chi connectivity index (χ4n) is 3.49. The summed E-state index contributed by atoms with van der Waals surface area (Å²) in [5.74, 6) is 0.755. The lowest BCUT2D eigenvalue weighted by Gasteiger charge is -2.47. The minimum atomic E-state index is -3.45. The fraction of sp³-hybridized carbons (Fsp3) is 0.500. The van der Waals surface area contributed by atoms with Gasteiger partial charge in [-0.1, -0.05) is 11.8 Å². The number of carbonyl (C=O) groups is 1. The highest BCUT2D eigenvalue weighted by Crippen LogP contribution is 2.47. The molecule has 0 aliphatic carbocycles. The van der Waals surface area contributed by atoms with Crippen molar-refractivity contribution in [3.05, 3.63) is 23.8 Å². The van der Waals surface area contributed by atoms with Gasteiger partial charge in [0.25, 0.3) is 0 Å². The third-order valence-electron chi connectivity index (χ3n) is 4.66. The molecule has 0 radical (unpaired) electrons. The summed E-state index contributed by atoms with van der Waals surface area (Å²) >= 11 is 1.43. The lowest BCUT2D eigenvalue weighted by Crippen LogP contribution is -2.55. The number of hydrogen-bond donors (Lipinski definition) is 0. The second-order valence-electron chi connectivity index (χ2n) is 7.19. The van der Waals surface area contributed by atoms with Crippen molar-refractivity contribution in [3.8, 4) is 11.9 Å². The van der Waals surface area contributed by atoms with E-state index >= 15 is 0 Å². The summed E-state index contributed by atoms with van der Waals surface area (Å²) < 4.78 is 35.9. The normalized spacial score (nSPS) is 25.0. The minimum Gasteiger partial charge on any atom is -0.484 e. The van der Waals surface area contributed by atoms with Gasteiger partial charge in [-0.05, 0) is 32.0 Å². The Kier molecular flexibility index (Phi) is 5.34. The third-order valence-corrected chi connectivity index (χ3v) is 6.74. The van der Waals surface area contributed by atoms with Gasteiger partial charge in [0, 0.05) is 31.0 Å². The molecule has 1 aromatic carbocycles. The maximum Gasteiger partial charge on any atom is 0.303 e. The van der Waals surface area contributed by atoms with Crippen molar-refractivity contribution in [3.63, 3.8) is 0 Å². The summed E-state index contributed by atoms with van der Waals surface area (Å²) in [7, 11) is -3.45. The van der Waals surface area contributed by atoms with E-state index < -0.39 is 33.6 Å². The summed E-state index contributed by atoms with van der Waals surface area (Å²) in [4.78, 5) is 17.8. The highest BCUT2D eigenvalue weighted by Gasteiger charge is 2.50. The summed E-state index contributed by atoms with van der Waals surface area (Å²) in [6.07, 6.45) is 2.21. The van der Waals surface area contributed by atoms with Crippen molar-refractivity contribution in [2.45, 2.75) is 43.4 Å². The van der Waals surface area contributed by atoms with Crippen LogP contribution in [0.15, 0.2) is 28.1 Å². The van der Waals surface area contributed by atoms with E-state index in [0.29, 0.717) is 28.8 Å². The smallest absolute Gasteiger partial charge is 0.303 e. The molecular formula is C18H21N3O5S2. The molecule has 3 rings (SSSR count). The molecule has 150 valence electrons. The lowest BCUT2D eigenvalue weighted by molar-refractivity contribution is -0.166. The zero-order chi connectivity index (χ0) is 20.7. The first-order chi connectivity index (χ1) is 13.0.